The van der Waals surface area contributed by atoms with Crippen LogP contribution in [0.2, 0.25) is 0 Å². The van der Waals surface area contributed by atoms with Crippen molar-refractivity contribution in [2.24, 2.45) is 0 Å². The molecule has 12 rings (SSSR count). The summed E-state index contributed by atoms with van der Waals surface area (Å²) in [5, 5.41) is 7.12. The first-order chi connectivity index (χ1) is 28.2. The highest BCUT2D eigenvalue weighted by Crippen LogP contribution is 2.44. The molecule has 0 unspecified atom stereocenters. The van der Waals surface area contributed by atoms with E-state index >= 15 is 0 Å². The van der Waals surface area contributed by atoms with Gasteiger partial charge in [-0.25, -0.2) is 15.0 Å². The Bertz CT molecular complexity index is 3460. The van der Waals surface area contributed by atoms with Gasteiger partial charge in [0.1, 0.15) is 11.2 Å². The maximum Gasteiger partial charge on any atom is 0.167 e. The van der Waals surface area contributed by atoms with Gasteiger partial charge in [0, 0.05) is 58.5 Å². The summed E-state index contributed by atoms with van der Waals surface area (Å²) in [6.07, 6.45) is 0. The van der Waals surface area contributed by atoms with Crippen LogP contribution in [-0.2, 0) is 0 Å². The standard InChI is InChI=1S/C51H30N4OS/c1-4-13-31(14-5-1)49-52-50(32-15-6-2-7-16-32)54-51(53-49)40-21-12-20-38-36-25-23-34(30-43(36)56-48(38)40)33-24-27-42-41(29-33)37-26-28-45-46(39-19-10-11-22-44(39)57-45)47(37)55(42)35-17-8-3-9-18-35/h1-30H. The van der Waals surface area contributed by atoms with E-state index in [1.807, 2.05) is 78.1 Å². The second-order valence-corrected chi connectivity index (χ2v) is 15.5. The molecule has 4 heterocycles. The van der Waals surface area contributed by atoms with Crippen LogP contribution in [0, 0.1) is 0 Å². The van der Waals surface area contributed by atoms with Gasteiger partial charge in [0.15, 0.2) is 17.5 Å². The van der Waals surface area contributed by atoms with Crippen molar-refractivity contribution in [1.29, 1.82) is 0 Å². The van der Waals surface area contributed by atoms with Crippen LogP contribution in [0.1, 0.15) is 0 Å². The monoisotopic (exact) mass is 746 g/mol. The molecule has 0 radical (unpaired) electrons. The molecule has 0 spiro atoms. The van der Waals surface area contributed by atoms with E-state index in [2.05, 4.69) is 120 Å². The highest BCUT2D eigenvalue weighted by molar-refractivity contribution is 7.26. The fraction of sp³-hybridized carbons (Fsp3) is 0. The van der Waals surface area contributed by atoms with Crippen LogP contribution in [-0.4, -0.2) is 19.5 Å². The van der Waals surface area contributed by atoms with Crippen molar-refractivity contribution in [2.75, 3.05) is 0 Å². The molecule has 12 aromatic rings. The predicted molar refractivity (Wildman–Crippen MR) is 236 cm³/mol. The smallest absolute Gasteiger partial charge is 0.167 e. The highest BCUT2D eigenvalue weighted by atomic mass is 32.1. The lowest BCUT2D eigenvalue weighted by Crippen LogP contribution is -2.00. The summed E-state index contributed by atoms with van der Waals surface area (Å²) < 4.78 is 11.8. The lowest BCUT2D eigenvalue weighted by atomic mass is 10.0. The number of furan rings is 1. The summed E-state index contributed by atoms with van der Waals surface area (Å²) in [7, 11) is 0. The Morgan fingerprint density at radius 1 is 0.421 bits per heavy atom. The summed E-state index contributed by atoms with van der Waals surface area (Å²) in [5.41, 5.74) is 10.0. The molecule has 0 fully saturated rings. The van der Waals surface area contributed by atoms with Crippen molar-refractivity contribution < 1.29 is 4.42 Å². The number of hydrogen-bond acceptors (Lipinski definition) is 5. The SMILES string of the molecule is c1ccc(-c2nc(-c3ccccc3)nc(-c3cccc4c3oc3cc(-c5ccc6c(c5)c5ccc7sc8ccccc8c7c5n6-c5ccccc5)ccc34)n2)cc1. The molecule has 0 saturated heterocycles. The van der Waals surface area contributed by atoms with Crippen molar-refractivity contribution in [3.63, 3.8) is 0 Å². The molecule has 4 aromatic heterocycles. The Labute approximate surface area is 330 Å². The summed E-state index contributed by atoms with van der Waals surface area (Å²) >= 11 is 1.86. The van der Waals surface area contributed by atoms with Gasteiger partial charge in [-0.05, 0) is 65.7 Å². The predicted octanol–water partition coefficient (Wildman–Crippen LogP) is 13.9. The lowest BCUT2D eigenvalue weighted by molar-refractivity contribution is 0.669. The largest absolute Gasteiger partial charge is 0.455 e. The zero-order valence-electron chi connectivity index (χ0n) is 30.4. The zero-order chi connectivity index (χ0) is 37.5. The number of nitrogens with zero attached hydrogens (tertiary/aromatic N) is 4. The molecule has 0 amide bonds. The van der Waals surface area contributed by atoms with Crippen molar-refractivity contribution in [3.05, 3.63) is 182 Å². The van der Waals surface area contributed by atoms with Crippen molar-refractivity contribution in [1.82, 2.24) is 19.5 Å². The number of thiophene rings is 1. The third-order valence-electron chi connectivity index (χ3n) is 11.1. The van der Waals surface area contributed by atoms with Crippen molar-refractivity contribution >= 4 is 75.3 Å². The average Bonchev–Trinajstić information content (AvgIpc) is 3.96. The van der Waals surface area contributed by atoms with Crippen LogP contribution < -0.4 is 0 Å². The Morgan fingerprint density at radius 3 is 1.82 bits per heavy atom. The third-order valence-corrected chi connectivity index (χ3v) is 12.2. The Hall–Kier alpha value is -7.41. The van der Waals surface area contributed by atoms with Gasteiger partial charge >= 0.3 is 0 Å². The summed E-state index contributed by atoms with van der Waals surface area (Å²) in [6.45, 7) is 0. The number of rotatable bonds is 5. The normalized spacial score (nSPS) is 11.9. The molecule has 5 nitrogen and oxygen atoms in total. The van der Waals surface area contributed by atoms with Gasteiger partial charge in [0.05, 0.1) is 16.6 Å². The van der Waals surface area contributed by atoms with E-state index in [0.717, 1.165) is 55.4 Å². The van der Waals surface area contributed by atoms with Crippen LogP contribution in [0.4, 0.5) is 0 Å². The first-order valence-corrected chi connectivity index (χ1v) is 19.8. The highest BCUT2D eigenvalue weighted by Gasteiger charge is 2.21. The minimum absolute atomic E-state index is 0.570. The number of aromatic nitrogens is 4. The topological polar surface area (TPSA) is 56.7 Å². The van der Waals surface area contributed by atoms with E-state index in [4.69, 9.17) is 19.4 Å². The van der Waals surface area contributed by atoms with Crippen molar-refractivity contribution in [2.45, 2.75) is 0 Å². The van der Waals surface area contributed by atoms with Gasteiger partial charge < -0.3 is 8.98 Å². The molecule has 0 saturated carbocycles. The van der Waals surface area contributed by atoms with Crippen LogP contribution in [0.3, 0.4) is 0 Å². The first-order valence-electron chi connectivity index (χ1n) is 19.0. The van der Waals surface area contributed by atoms with Gasteiger partial charge in [-0.1, -0.05) is 127 Å². The van der Waals surface area contributed by atoms with Gasteiger partial charge in [-0.15, -0.1) is 11.3 Å². The molecule has 0 aliphatic heterocycles. The van der Waals surface area contributed by atoms with E-state index in [-0.39, 0.29) is 0 Å². The molecule has 0 N–H and O–H groups in total. The molecule has 6 heteroatoms. The molecule has 57 heavy (non-hydrogen) atoms. The van der Waals surface area contributed by atoms with Crippen LogP contribution in [0.25, 0.3) is 115 Å². The second-order valence-electron chi connectivity index (χ2n) is 14.4. The van der Waals surface area contributed by atoms with Gasteiger partial charge in [0.2, 0.25) is 0 Å². The molecular formula is C51H30N4OS. The molecule has 0 bridgehead atoms. The van der Waals surface area contributed by atoms with E-state index in [0.29, 0.717) is 17.5 Å². The van der Waals surface area contributed by atoms with Gasteiger partial charge in [0.25, 0.3) is 0 Å². The minimum atomic E-state index is 0.570. The van der Waals surface area contributed by atoms with Crippen LogP contribution in [0.15, 0.2) is 186 Å². The molecular weight excluding hydrogens is 717 g/mol. The summed E-state index contributed by atoms with van der Waals surface area (Å²) in [4.78, 5) is 14.9. The first kappa shape index (κ1) is 31.9. The fourth-order valence-corrected chi connectivity index (χ4v) is 9.53. The van der Waals surface area contributed by atoms with Crippen LogP contribution in [0.5, 0.6) is 0 Å². The van der Waals surface area contributed by atoms with E-state index < -0.39 is 0 Å². The average molecular weight is 747 g/mol. The molecule has 8 aromatic carbocycles. The maximum absolute atomic E-state index is 6.79. The Morgan fingerprint density at radius 2 is 1.05 bits per heavy atom. The molecule has 0 atom stereocenters. The number of hydrogen-bond donors (Lipinski definition) is 0. The van der Waals surface area contributed by atoms with Crippen molar-refractivity contribution in [3.8, 4) is 51.0 Å². The Balaban J connectivity index is 1.03. The minimum Gasteiger partial charge on any atom is -0.455 e. The number of benzene rings is 8. The van der Waals surface area contributed by atoms with Gasteiger partial charge in [-0.2, -0.15) is 0 Å². The molecule has 266 valence electrons. The van der Waals surface area contributed by atoms with E-state index in [1.54, 1.807) is 0 Å². The van der Waals surface area contributed by atoms with E-state index in [1.165, 1.54) is 42.0 Å². The maximum atomic E-state index is 6.79. The molecule has 0 aliphatic carbocycles. The fourth-order valence-electron chi connectivity index (χ4n) is 8.42. The van der Waals surface area contributed by atoms with Gasteiger partial charge in [-0.3, -0.25) is 0 Å². The zero-order valence-corrected chi connectivity index (χ0v) is 31.2. The summed E-state index contributed by atoms with van der Waals surface area (Å²) in [6, 6.07) is 63.8. The molecule has 0 aliphatic rings. The third kappa shape index (κ3) is 5.04. The number of fused-ring (bicyclic) bond motifs is 10. The van der Waals surface area contributed by atoms with Crippen LogP contribution >= 0.6 is 11.3 Å². The second kappa shape index (κ2) is 12.6. The lowest BCUT2D eigenvalue weighted by Gasteiger charge is -2.09. The quantitative estimate of drug-likeness (QED) is 0.176. The summed E-state index contributed by atoms with van der Waals surface area (Å²) in [5.74, 6) is 1.80. The Kier molecular flexibility index (Phi) is 7.03. The number of para-hydroxylation sites is 2. The van der Waals surface area contributed by atoms with E-state index in [9.17, 15) is 0 Å².